The number of benzene rings is 1. The summed E-state index contributed by atoms with van der Waals surface area (Å²) in [6, 6.07) is 9.98. The van der Waals surface area contributed by atoms with Crippen molar-refractivity contribution in [3.05, 3.63) is 47.9 Å². The van der Waals surface area contributed by atoms with Crippen LogP contribution in [-0.4, -0.2) is 16.1 Å². The molecule has 1 aliphatic carbocycles. The average Bonchev–Trinajstić information content (AvgIpc) is 2.50. The molecule has 0 bridgehead atoms. The van der Waals surface area contributed by atoms with E-state index in [9.17, 15) is 0 Å². The van der Waals surface area contributed by atoms with Crippen molar-refractivity contribution in [2.45, 2.75) is 31.9 Å². The summed E-state index contributed by atoms with van der Waals surface area (Å²) in [6.07, 6.45) is 6.93. The van der Waals surface area contributed by atoms with Crippen LogP contribution < -0.4 is 10.1 Å². The molecule has 106 valence electrons. The topological polar surface area (TPSA) is 70.8 Å². The SMILES string of the molecule is N#Cc1nccnc1NCc1ccccc1OC1CCC1. The minimum absolute atomic E-state index is 0.301. The fourth-order valence-electron chi connectivity index (χ4n) is 2.16. The van der Waals surface area contributed by atoms with E-state index in [4.69, 9.17) is 10.00 Å². The quantitative estimate of drug-likeness (QED) is 0.911. The molecular weight excluding hydrogens is 264 g/mol. The first-order valence-corrected chi connectivity index (χ1v) is 7.06. The first-order chi connectivity index (χ1) is 10.4. The Morgan fingerprint density at radius 2 is 2.05 bits per heavy atom. The molecular formula is C16H16N4O. The Kier molecular flexibility index (Phi) is 3.97. The second-order valence-electron chi connectivity index (χ2n) is 5.00. The number of nitrogens with zero attached hydrogens (tertiary/aromatic N) is 3. The molecule has 0 spiro atoms. The van der Waals surface area contributed by atoms with Gasteiger partial charge in [0.25, 0.3) is 0 Å². The van der Waals surface area contributed by atoms with Gasteiger partial charge < -0.3 is 10.1 Å². The highest BCUT2D eigenvalue weighted by atomic mass is 16.5. The summed E-state index contributed by atoms with van der Waals surface area (Å²) in [5, 5.41) is 12.2. The standard InChI is InChI=1S/C16H16N4O/c17-10-14-16(19-9-8-18-14)20-11-12-4-1-2-7-15(12)21-13-5-3-6-13/h1-2,4,7-9,13H,3,5-6,11H2,(H,19,20). The number of hydrogen-bond donors (Lipinski definition) is 1. The van der Waals surface area contributed by atoms with Crippen molar-refractivity contribution in [2.75, 3.05) is 5.32 Å². The summed E-state index contributed by atoms with van der Waals surface area (Å²) >= 11 is 0. The van der Waals surface area contributed by atoms with Crippen molar-refractivity contribution >= 4 is 5.82 Å². The van der Waals surface area contributed by atoms with Crippen LogP contribution in [-0.2, 0) is 6.54 Å². The molecule has 5 heteroatoms. The Labute approximate surface area is 123 Å². The fourth-order valence-corrected chi connectivity index (χ4v) is 2.16. The van der Waals surface area contributed by atoms with Crippen molar-refractivity contribution in [3.63, 3.8) is 0 Å². The molecule has 1 aromatic carbocycles. The zero-order valence-corrected chi connectivity index (χ0v) is 11.6. The van der Waals surface area contributed by atoms with E-state index in [0.29, 0.717) is 24.2 Å². The Balaban J connectivity index is 1.71. The highest BCUT2D eigenvalue weighted by molar-refractivity contribution is 5.48. The van der Waals surface area contributed by atoms with Gasteiger partial charge in [0, 0.05) is 24.5 Å². The third-order valence-electron chi connectivity index (χ3n) is 3.57. The summed E-state index contributed by atoms with van der Waals surface area (Å²) in [6.45, 7) is 0.552. The molecule has 0 amide bonds. The maximum Gasteiger partial charge on any atom is 0.182 e. The molecule has 1 heterocycles. The average molecular weight is 280 g/mol. The molecule has 0 atom stereocenters. The van der Waals surface area contributed by atoms with E-state index >= 15 is 0 Å². The van der Waals surface area contributed by atoms with Crippen LogP contribution in [0.1, 0.15) is 30.5 Å². The van der Waals surface area contributed by atoms with E-state index in [2.05, 4.69) is 15.3 Å². The van der Waals surface area contributed by atoms with Gasteiger partial charge in [0.2, 0.25) is 0 Å². The van der Waals surface area contributed by atoms with Crippen molar-refractivity contribution in [2.24, 2.45) is 0 Å². The fraction of sp³-hybridized carbons (Fsp3) is 0.312. The van der Waals surface area contributed by atoms with Gasteiger partial charge in [-0.1, -0.05) is 18.2 Å². The third kappa shape index (κ3) is 3.11. The van der Waals surface area contributed by atoms with Gasteiger partial charge in [0.1, 0.15) is 11.8 Å². The van der Waals surface area contributed by atoms with Gasteiger partial charge in [-0.05, 0) is 25.3 Å². The summed E-state index contributed by atoms with van der Waals surface area (Å²) in [4.78, 5) is 8.13. The summed E-state index contributed by atoms with van der Waals surface area (Å²) in [5.41, 5.74) is 1.36. The molecule has 0 radical (unpaired) electrons. The second-order valence-corrected chi connectivity index (χ2v) is 5.00. The number of ether oxygens (including phenoxy) is 1. The Bertz CT molecular complexity index is 661. The largest absolute Gasteiger partial charge is 0.490 e. The van der Waals surface area contributed by atoms with Crippen LogP contribution in [0.3, 0.4) is 0 Å². The lowest BCUT2D eigenvalue weighted by Gasteiger charge is -2.27. The van der Waals surface area contributed by atoms with E-state index < -0.39 is 0 Å². The monoisotopic (exact) mass is 280 g/mol. The number of anilines is 1. The molecule has 1 aromatic heterocycles. The lowest BCUT2D eigenvalue weighted by atomic mass is 9.96. The van der Waals surface area contributed by atoms with Gasteiger partial charge in [0.05, 0.1) is 6.10 Å². The van der Waals surface area contributed by atoms with Crippen molar-refractivity contribution in [1.82, 2.24) is 9.97 Å². The highest BCUT2D eigenvalue weighted by Crippen LogP contribution is 2.28. The minimum Gasteiger partial charge on any atom is -0.490 e. The number of hydrogen-bond acceptors (Lipinski definition) is 5. The molecule has 1 saturated carbocycles. The maximum absolute atomic E-state index is 9.01. The van der Waals surface area contributed by atoms with E-state index in [1.807, 2.05) is 30.3 Å². The number of aromatic nitrogens is 2. The van der Waals surface area contributed by atoms with E-state index in [1.165, 1.54) is 12.6 Å². The molecule has 0 unspecified atom stereocenters. The van der Waals surface area contributed by atoms with Crippen LogP contribution in [0.5, 0.6) is 5.75 Å². The minimum atomic E-state index is 0.301. The van der Waals surface area contributed by atoms with Gasteiger partial charge in [0.15, 0.2) is 11.5 Å². The van der Waals surface area contributed by atoms with Gasteiger partial charge >= 0.3 is 0 Å². The number of nitrogens with one attached hydrogen (secondary N) is 1. The molecule has 2 aromatic rings. The van der Waals surface area contributed by atoms with Crippen LogP contribution in [0.4, 0.5) is 5.82 Å². The molecule has 0 saturated heterocycles. The van der Waals surface area contributed by atoms with Crippen LogP contribution in [0.15, 0.2) is 36.7 Å². The predicted octanol–water partition coefficient (Wildman–Crippen LogP) is 2.89. The van der Waals surface area contributed by atoms with Crippen molar-refractivity contribution < 1.29 is 4.74 Å². The molecule has 1 N–H and O–H groups in total. The molecule has 21 heavy (non-hydrogen) atoms. The van der Waals surface area contributed by atoms with Crippen LogP contribution in [0, 0.1) is 11.3 Å². The van der Waals surface area contributed by atoms with Crippen LogP contribution >= 0.6 is 0 Å². The predicted molar refractivity (Wildman–Crippen MR) is 78.8 cm³/mol. The van der Waals surface area contributed by atoms with E-state index in [0.717, 1.165) is 24.2 Å². The van der Waals surface area contributed by atoms with E-state index in [1.54, 1.807) is 6.20 Å². The van der Waals surface area contributed by atoms with Gasteiger partial charge in [-0.3, -0.25) is 0 Å². The van der Waals surface area contributed by atoms with Crippen molar-refractivity contribution in [3.8, 4) is 11.8 Å². The summed E-state index contributed by atoms with van der Waals surface area (Å²) < 4.78 is 5.99. The molecule has 1 fully saturated rings. The zero-order valence-electron chi connectivity index (χ0n) is 11.6. The third-order valence-corrected chi connectivity index (χ3v) is 3.57. The Morgan fingerprint density at radius 1 is 1.24 bits per heavy atom. The van der Waals surface area contributed by atoms with Gasteiger partial charge in [-0.2, -0.15) is 5.26 Å². The summed E-state index contributed by atoms with van der Waals surface area (Å²) in [5.74, 6) is 1.40. The van der Waals surface area contributed by atoms with E-state index in [-0.39, 0.29) is 0 Å². The van der Waals surface area contributed by atoms with Crippen LogP contribution in [0.25, 0.3) is 0 Å². The Morgan fingerprint density at radius 3 is 2.81 bits per heavy atom. The second kappa shape index (κ2) is 6.23. The lowest BCUT2D eigenvalue weighted by molar-refractivity contribution is 0.119. The zero-order chi connectivity index (χ0) is 14.5. The highest BCUT2D eigenvalue weighted by Gasteiger charge is 2.20. The number of para-hydroxylation sites is 1. The van der Waals surface area contributed by atoms with Gasteiger partial charge in [-0.25, -0.2) is 9.97 Å². The molecule has 0 aliphatic heterocycles. The molecule has 3 rings (SSSR count). The normalized spacial score (nSPS) is 14.0. The Hall–Kier alpha value is -2.61. The van der Waals surface area contributed by atoms with Crippen molar-refractivity contribution in [1.29, 1.82) is 5.26 Å². The number of nitriles is 1. The molecule has 1 aliphatic rings. The number of rotatable bonds is 5. The lowest BCUT2D eigenvalue weighted by Crippen LogP contribution is -2.25. The van der Waals surface area contributed by atoms with Crippen LogP contribution in [0.2, 0.25) is 0 Å². The van der Waals surface area contributed by atoms with Gasteiger partial charge in [-0.15, -0.1) is 0 Å². The first kappa shape index (κ1) is 13.4. The smallest absolute Gasteiger partial charge is 0.182 e. The summed E-state index contributed by atoms with van der Waals surface area (Å²) in [7, 11) is 0. The first-order valence-electron chi connectivity index (χ1n) is 7.06. The maximum atomic E-state index is 9.01. The molecule has 5 nitrogen and oxygen atoms in total.